The molecule has 0 aliphatic rings. The second-order valence-electron chi connectivity index (χ2n) is 11.0. The van der Waals surface area contributed by atoms with Gasteiger partial charge >= 0.3 is 17.6 Å². The summed E-state index contributed by atoms with van der Waals surface area (Å²) in [5.41, 5.74) is -0.557. The Labute approximate surface area is 249 Å². The van der Waals surface area contributed by atoms with Crippen molar-refractivity contribution in [3.05, 3.63) is 0 Å². The molecule has 0 radical (unpaired) electrons. The minimum atomic E-state index is -3.45. The number of thiol groups is 2. The number of hydrogen-bond donors (Lipinski definition) is 2. The molecule has 0 saturated carbocycles. The summed E-state index contributed by atoms with van der Waals surface area (Å²) in [4.78, 5) is 0. The Balaban J connectivity index is 7.30. The Kier molecular flexibility index (Phi) is 19.6. The largest absolute Gasteiger partial charge is 0.507 e. The van der Waals surface area contributed by atoms with Gasteiger partial charge in [-0.2, -0.15) is 25.3 Å². The maximum absolute atomic E-state index is 6.92. The van der Waals surface area contributed by atoms with E-state index in [9.17, 15) is 0 Å². The summed E-state index contributed by atoms with van der Waals surface area (Å²) in [6.07, 6.45) is 4.81. The van der Waals surface area contributed by atoms with Crippen LogP contribution in [0.15, 0.2) is 0 Å². The highest BCUT2D eigenvalue weighted by Gasteiger charge is 2.64. The van der Waals surface area contributed by atoms with Gasteiger partial charge in [-0.25, -0.2) is 0 Å². The van der Waals surface area contributed by atoms with E-state index >= 15 is 0 Å². The van der Waals surface area contributed by atoms with E-state index in [1.807, 2.05) is 0 Å². The molecule has 230 valence electrons. The molecule has 0 aliphatic heterocycles. The summed E-state index contributed by atoms with van der Waals surface area (Å²) in [6.45, 7) is 27.4. The standard InChI is InChI=1S/C28H62O6S2Si2/c1-14-20(7)29-37(30-21(8)15-2,31-22(9)16-3)26(13)27(28(35)36)38(32-23(10)17-4,33-24(11)18-5)34-25(12)19-6/h20-28,35-36H,14-19H2,1-13H3. The van der Waals surface area contributed by atoms with Crippen LogP contribution in [0.25, 0.3) is 0 Å². The molecule has 0 N–H and O–H groups in total. The van der Waals surface area contributed by atoms with Gasteiger partial charge < -0.3 is 26.6 Å². The first kappa shape index (κ1) is 38.9. The van der Waals surface area contributed by atoms with Crippen LogP contribution in [0.2, 0.25) is 11.1 Å². The molecule has 8 atom stereocenters. The topological polar surface area (TPSA) is 55.4 Å². The van der Waals surface area contributed by atoms with Crippen molar-refractivity contribution in [2.24, 2.45) is 0 Å². The molecule has 0 fully saturated rings. The van der Waals surface area contributed by atoms with E-state index in [1.54, 1.807) is 0 Å². The minimum Gasteiger partial charge on any atom is -0.370 e. The zero-order valence-electron chi connectivity index (χ0n) is 26.8. The maximum Gasteiger partial charge on any atom is 0.507 e. The summed E-state index contributed by atoms with van der Waals surface area (Å²) >= 11 is 9.94. The SMILES string of the molecule is CCC(C)O[Si](OC(C)CC)(OC(C)CC)C(C)C(C(S)S)[Si](OC(C)CC)(OC(C)CC)OC(C)CC. The molecule has 0 aromatic heterocycles. The third-order valence-electron chi connectivity index (χ3n) is 7.47. The summed E-state index contributed by atoms with van der Waals surface area (Å²) in [7, 11) is -6.83. The Hall–Kier alpha value is 0.894. The quantitative estimate of drug-likeness (QED) is 0.0723. The highest BCUT2D eigenvalue weighted by molar-refractivity contribution is 7.99. The molecule has 0 heterocycles. The van der Waals surface area contributed by atoms with E-state index in [2.05, 4.69) is 90.0 Å². The Morgan fingerprint density at radius 3 is 0.816 bits per heavy atom. The fourth-order valence-electron chi connectivity index (χ4n) is 3.87. The predicted octanol–water partition coefficient (Wildman–Crippen LogP) is 8.70. The van der Waals surface area contributed by atoms with Gasteiger partial charge in [-0.1, -0.05) is 48.5 Å². The van der Waals surface area contributed by atoms with Gasteiger partial charge in [-0.05, 0) is 80.1 Å². The van der Waals surface area contributed by atoms with E-state index in [-0.39, 0.29) is 47.7 Å². The smallest absolute Gasteiger partial charge is 0.370 e. The molecule has 0 aliphatic carbocycles. The molecule has 0 saturated heterocycles. The van der Waals surface area contributed by atoms with E-state index in [0.717, 1.165) is 38.5 Å². The molecule has 8 unspecified atom stereocenters. The van der Waals surface area contributed by atoms with Crippen LogP contribution in [0.4, 0.5) is 0 Å². The van der Waals surface area contributed by atoms with Crippen molar-refractivity contribution in [1.29, 1.82) is 0 Å². The van der Waals surface area contributed by atoms with E-state index in [4.69, 9.17) is 51.8 Å². The van der Waals surface area contributed by atoms with Crippen LogP contribution in [0.1, 0.15) is 129 Å². The van der Waals surface area contributed by atoms with Gasteiger partial charge in [0.1, 0.15) is 0 Å². The molecule has 38 heavy (non-hydrogen) atoms. The lowest BCUT2D eigenvalue weighted by Crippen LogP contribution is -2.63. The van der Waals surface area contributed by atoms with Crippen LogP contribution in [0.5, 0.6) is 0 Å². The van der Waals surface area contributed by atoms with Crippen molar-refractivity contribution in [3.8, 4) is 0 Å². The molecule has 0 aromatic rings. The molecule has 0 amide bonds. The van der Waals surface area contributed by atoms with Gasteiger partial charge in [-0.15, -0.1) is 0 Å². The van der Waals surface area contributed by atoms with Crippen LogP contribution in [-0.4, -0.2) is 58.8 Å². The van der Waals surface area contributed by atoms with E-state index in [0.29, 0.717) is 0 Å². The highest BCUT2D eigenvalue weighted by atomic mass is 32.2. The molecule has 0 aromatic carbocycles. The normalized spacial score (nSPS) is 22.1. The van der Waals surface area contributed by atoms with Crippen molar-refractivity contribution < 1.29 is 26.6 Å². The van der Waals surface area contributed by atoms with Crippen molar-refractivity contribution in [1.82, 2.24) is 0 Å². The molecule has 0 rings (SSSR count). The summed E-state index contributed by atoms with van der Waals surface area (Å²) in [5, 5.41) is 0. The van der Waals surface area contributed by atoms with E-state index < -0.39 is 22.2 Å². The average Bonchev–Trinajstić information content (AvgIpc) is 2.87. The minimum absolute atomic E-state index is 0.0336. The summed E-state index contributed by atoms with van der Waals surface area (Å²) < 4.78 is 41.0. The number of rotatable bonds is 22. The Bertz CT molecular complexity index is 555. The Morgan fingerprint density at radius 2 is 0.632 bits per heavy atom. The van der Waals surface area contributed by atoms with Gasteiger partial charge in [0, 0.05) is 42.2 Å². The van der Waals surface area contributed by atoms with Crippen molar-refractivity contribution in [2.75, 3.05) is 0 Å². The maximum atomic E-state index is 6.92. The highest BCUT2D eigenvalue weighted by Crippen LogP contribution is 2.50. The van der Waals surface area contributed by atoms with Crippen molar-refractivity contribution >= 4 is 42.9 Å². The van der Waals surface area contributed by atoms with Gasteiger partial charge in [0.25, 0.3) is 0 Å². The van der Waals surface area contributed by atoms with Gasteiger partial charge in [-0.3, -0.25) is 0 Å². The lowest BCUT2D eigenvalue weighted by Gasteiger charge is -2.48. The number of hydrogen-bond acceptors (Lipinski definition) is 8. The monoisotopic (exact) mass is 614 g/mol. The predicted molar refractivity (Wildman–Crippen MR) is 171 cm³/mol. The Morgan fingerprint density at radius 1 is 0.421 bits per heavy atom. The van der Waals surface area contributed by atoms with Crippen molar-refractivity contribution in [3.63, 3.8) is 0 Å². The molecule has 10 heteroatoms. The van der Waals surface area contributed by atoms with Crippen LogP contribution in [0, 0.1) is 0 Å². The average molecular weight is 615 g/mol. The summed E-state index contributed by atoms with van der Waals surface area (Å²) in [5.74, 6) is 0. The first-order valence-corrected chi connectivity index (χ1v) is 19.8. The van der Waals surface area contributed by atoms with Gasteiger partial charge in [0.05, 0.1) is 10.1 Å². The first-order chi connectivity index (χ1) is 17.7. The van der Waals surface area contributed by atoms with Crippen LogP contribution >= 0.6 is 25.3 Å². The molecular formula is C28H62O6S2Si2. The molecule has 6 nitrogen and oxygen atoms in total. The third-order valence-corrected chi connectivity index (χ3v) is 16.5. The van der Waals surface area contributed by atoms with Crippen LogP contribution < -0.4 is 0 Å². The molecule has 0 bridgehead atoms. The third kappa shape index (κ3) is 12.0. The van der Waals surface area contributed by atoms with Crippen LogP contribution in [0.3, 0.4) is 0 Å². The van der Waals surface area contributed by atoms with Gasteiger partial charge in [0.15, 0.2) is 0 Å². The first-order valence-electron chi connectivity index (χ1n) is 15.1. The van der Waals surface area contributed by atoms with Gasteiger partial charge in [0.2, 0.25) is 0 Å². The molecule has 0 spiro atoms. The fraction of sp³-hybridized carbons (Fsp3) is 1.00. The second kappa shape index (κ2) is 19.2. The lowest BCUT2D eigenvalue weighted by atomic mass is 10.3. The lowest BCUT2D eigenvalue weighted by molar-refractivity contribution is -0.0342. The fourth-order valence-corrected chi connectivity index (χ4v) is 14.5. The van der Waals surface area contributed by atoms with Crippen molar-refractivity contribution in [2.45, 2.75) is 181 Å². The zero-order chi connectivity index (χ0) is 29.7. The second-order valence-corrected chi connectivity index (χ2v) is 17.9. The van der Waals surface area contributed by atoms with Crippen LogP contribution in [-0.2, 0) is 26.6 Å². The van der Waals surface area contributed by atoms with E-state index in [1.165, 1.54) is 0 Å². The zero-order valence-corrected chi connectivity index (χ0v) is 30.6. The molecular weight excluding hydrogens is 553 g/mol. The summed E-state index contributed by atoms with van der Waals surface area (Å²) in [6, 6.07) is 0.